The summed E-state index contributed by atoms with van der Waals surface area (Å²) in [5.74, 6) is -0.239. The van der Waals surface area contributed by atoms with E-state index in [0.717, 1.165) is 11.1 Å². The van der Waals surface area contributed by atoms with Crippen molar-refractivity contribution in [3.63, 3.8) is 0 Å². The molecule has 2 N–H and O–H groups in total. The number of anilines is 1. The summed E-state index contributed by atoms with van der Waals surface area (Å²) in [5.41, 5.74) is 2.75. The molecule has 0 saturated carbocycles. The Morgan fingerprint density at radius 3 is 2.76 bits per heavy atom. The van der Waals surface area contributed by atoms with Crippen LogP contribution in [0.15, 0.2) is 36.4 Å². The second-order valence-electron chi connectivity index (χ2n) is 4.67. The molecule has 0 aliphatic heterocycles. The molecule has 5 heteroatoms. The largest absolute Gasteiger partial charge is 0.508 e. The number of rotatable bonds is 4. The monoisotopic (exact) mass is 305 g/mol. The number of phenolic OH excluding ortho intramolecular Hbond substituents is 1. The van der Waals surface area contributed by atoms with Gasteiger partial charge in [-0.05, 0) is 31.2 Å². The van der Waals surface area contributed by atoms with Crippen molar-refractivity contribution in [3.8, 4) is 5.75 Å². The van der Waals surface area contributed by atoms with Gasteiger partial charge in [-0.15, -0.1) is 0 Å². The van der Waals surface area contributed by atoms with Crippen LogP contribution in [0.2, 0.25) is 5.02 Å². The van der Waals surface area contributed by atoms with E-state index in [9.17, 15) is 9.90 Å². The van der Waals surface area contributed by atoms with Gasteiger partial charge in [-0.25, -0.2) is 4.79 Å². The minimum Gasteiger partial charge on any atom is -0.508 e. The van der Waals surface area contributed by atoms with Crippen molar-refractivity contribution in [2.24, 2.45) is 0 Å². The number of benzene rings is 2. The van der Waals surface area contributed by atoms with Gasteiger partial charge in [0.15, 0.2) is 0 Å². The van der Waals surface area contributed by atoms with E-state index < -0.39 is 5.97 Å². The van der Waals surface area contributed by atoms with Crippen molar-refractivity contribution in [1.29, 1.82) is 0 Å². The van der Waals surface area contributed by atoms with Crippen molar-refractivity contribution < 1.29 is 14.6 Å². The molecule has 0 aliphatic carbocycles. The van der Waals surface area contributed by atoms with Crippen molar-refractivity contribution in [2.75, 3.05) is 12.4 Å². The van der Waals surface area contributed by atoms with Gasteiger partial charge in [0, 0.05) is 17.1 Å². The maximum atomic E-state index is 11.7. The summed E-state index contributed by atoms with van der Waals surface area (Å²) in [5, 5.41) is 13.5. The van der Waals surface area contributed by atoms with Crippen LogP contribution in [-0.4, -0.2) is 18.2 Å². The summed E-state index contributed by atoms with van der Waals surface area (Å²) < 4.78 is 4.74. The Morgan fingerprint density at radius 2 is 2.05 bits per heavy atom. The summed E-state index contributed by atoms with van der Waals surface area (Å²) in [7, 11) is 1.33. The number of hydrogen-bond acceptors (Lipinski definition) is 4. The molecular weight excluding hydrogens is 290 g/mol. The topological polar surface area (TPSA) is 58.6 Å². The summed E-state index contributed by atoms with van der Waals surface area (Å²) in [6, 6.07) is 10.2. The molecule has 0 saturated heterocycles. The van der Waals surface area contributed by atoms with Crippen molar-refractivity contribution in [2.45, 2.75) is 13.5 Å². The zero-order chi connectivity index (χ0) is 15.4. The summed E-state index contributed by atoms with van der Waals surface area (Å²) >= 11 is 5.96. The maximum absolute atomic E-state index is 11.7. The highest BCUT2D eigenvalue weighted by atomic mass is 35.5. The molecule has 0 amide bonds. The molecule has 0 atom stereocenters. The predicted molar refractivity (Wildman–Crippen MR) is 83.0 cm³/mol. The van der Waals surface area contributed by atoms with E-state index in [1.165, 1.54) is 7.11 Å². The Labute approximate surface area is 128 Å². The van der Waals surface area contributed by atoms with Crippen LogP contribution in [0.4, 0.5) is 5.69 Å². The van der Waals surface area contributed by atoms with Crippen molar-refractivity contribution >= 4 is 23.3 Å². The SMILES string of the molecule is COC(=O)c1ccc(Cl)cc1NCc1cc(C)ccc1O. The molecule has 21 heavy (non-hydrogen) atoms. The standard InChI is InChI=1S/C16H16ClNO3/c1-10-3-6-15(19)11(7-10)9-18-14-8-12(17)4-5-13(14)16(20)21-2/h3-8,18-19H,9H2,1-2H3. The van der Waals surface area contributed by atoms with E-state index in [4.69, 9.17) is 16.3 Å². The highest BCUT2D eigenvalue weighted by molar-refractivity contribution is 6.31. The quantitative estimate of drug-likeness (QED) is 0.845. The second kappa shape index (κ2) is 6.50. The average Bonchev–Trinajstić information content (AvgIpc) is 2.47. The van der Waals surface area contributed by atoms with Crippen LogP contribution in [0, 0.1) is 6.92 Å². The number of methoxy groups -OCH3 is 1. The number of aryl methyl sites for hydroxylation is 1. The van der Waals surface area contributed by atoms with Crippen LogP contribution in [0.25, 0.3) is 0 Å². The van der Waals surface area contributed by atoms with Crippen molar-refractivity contribution in [1.82, 2.24) is 0 Å². The van der Waals surface area contributed by atoms with Gasteiger partial charge in [0.1, 0.15) is 5.75 Å². The van der Waals surface area contributed by atoms with Gasteiger partial charge < -0.3 is 15.2 Å². The summed E-state index contributed by atoms with van der Waals surface area (Å²) in [6.45, 7) is 2.32. The molecule has 0 aromatic heterocycles. The van der Waals surface area contributed by atoms with Gasteiger partial charge in [0.2, 0.25) is 0 Å². The van der Waals surface area contributed by atoms with Gasteiger partial charge in [0.25, 0.3) is 0 Å². The first-order chi connectivity index (χ1) is 10.0. The van der Waals surface area contributed by atoms with Gasteiger partial charge in [-0.3, -0.25) is 0 Å². The fourth-order valence-electron chi connectivity index (χ4n) is 2.00. The Hall–Kier alpha value is -2.20. The van der Waals surface area contributed by atoms with E-state index in [1.807, 2.05) is 19.1 Å². The molecule has 2 rings (SSSR count). The average molecular weight is 306 g/mol. The number of nitrogens with one attached hydrogen (secondary N) is 1. The molecule has 0 radical (unpaired) electrons. The van der Waals surface area contributed by atoms with Crippen LogP contribution in [0.1, 0.15) is 21.5 Å². The lowest BCUT2D eigenvalue weighted by molar-refractivity contribution is 0.0602. The number of ether oxygens (including phenoxy) is 1. The van der Waals surface area contributed by atoms with E-state index in [1.54, 1.807) is 24.3 Å². The first-order valence-corrected chi connectivity index (χ1v) is 6.79. The molecule has 110 valence electrons. The lowest BCUT2D eigenvalue weighted by atomic mass is 10.1. The number of carbonyl (C=O) groups excluding carboxylic acids is 1. The fourth-order valence-corrected chi connectivity index (χ4v) is 2.17. The lowest BCUT2D eigenvalue weighted by Gasteiger charge is -2.12. The first kappa shape index (κ1) is 15.2. The van der Waals surface area contributed by atoms with E-state index in [-0.39, 0.29) is 5.75 Å². The number of phenols is 1. The van der Waals surface area contributed by atoms with Crippen LogP contribution in [0.5, 0.6) is 5.75 Å². The van der Waals surface area contributed by atoms with Gasteiger partial charge >= 0.3 is 5.97 Å². The summed E-state index contributed by atoms with van der Waals surface area (Å²) in [4.78, 5) is 11.7. The van der Waals surface area contributed by atoms with Crippen LogP contribution >= 0.6 is 11.6 Å². The van der Waals surface area contributed by atoms with Crippen molar-refractivity contribution in [3.05, 3.63) is 58.1 Å². The molecule has 0 aliphatic rings. The molecule has 2 aromatic carbocycles. The molecule has 0 unspecified atom stereocenters. The first-order valence-electron chi connectivity index (χ1n) is 6.41. The van der Waals surface area contributed by atoms with Crippen LogP contribution < -0.4 is 5.32 Å². The van der Waals surface area contributed by atoms with Gasteiger partial charge in [0.05, 0.1) is 18.4 Å². The molecule has 0 bridgehead atoms. The highest BCUT2D eigenvalue weighted by Crippen LogP contribution is 2.24. The molecule has 0 spiro atoms. The normalized spacial score (nSPS) is 10.2. The third-order valence-corrected chi connectivity index (χ3v) is 3.33. The second-order valence-corrected chi connectivity index (χ2v) is 5.10. The Balaban J connectivity index is 2.25. The third-order valence-electron chi connectivity index (χ3n) is 3.09. The smallest absolute Gasteiger partial charge is 0.339 e. The fraction of sp³-hybridized carbons (Fsp3) is 0.188. The van der Waals surface area contributed by atoms with Gasteiger partial charge in [-0.1, -0.05) is 29.3 Å². The van der Waals surface area contributed by atoms with E-state index >= 15 is 0 Å². The zero-order valence-electron chi connectivity index (χ0n) is 11.8. The minimum absolute atomic E-state index is 0.203. The number of esters is 1. The number of halogens is 1. The molecule has 0 fully saturated rings. The van der Waals surface area contributed by atoms with Crippen LogP contribution in [-0.2, 0) is 11.3 Å². The number of carbonyl (C=O) groups is 1. The highest BCUT2D eigenvalue weighted by Gasteiger charge is 2.12. The van der Waals surface area contributed by atoms with Crippen LogP contribution in [0.3, 0.4) is 0 Å². The Morgan fingerprint density at radius 1 is 1.29 bits per heavy atom. The predicted octanol–water partition coefficient (Wildman–Crippen LogP) is 3.75. The lowest BCUT2D eigenvalue weighted by Crippen LogP contribution is -2.08. The van der Waals surface area contributed by atoms with E-state index in [2.05, 4.69) is 5.32 Å². The maximum Gasteiger partial charge on any atom is 0.339 e. The molecule has 0 heterocycles. The zero-order valence-corrected chi connectivity index (χ0v) is 12.6. The molecule has 2 aromatic rings. The van der Waals surface area contributed by atoms with Gasteiger partial charge in [-0.2, -0.15) is 0 Å². The van der Waals surface area contributed by atoms with E-state index in [0.29, 0.717) is 22.8 Å². The molecule has 4 nitrogen and oxygen atoms in total. The Kier molecular flexibility index (Phi) is 4.70. The Bertz CT molecular complexity index is 671. The number of aromatic hydroxyl groups is 1. The third kappa shape index (κ3) is 3.67. The minimum atomic E-state index is -0.442. The number of hydrogen-bond donors (Lipinski definition) is 2. The molecular formula is C16H16ClNO3. The summed E-state index contributed by atoms with van der Waals surface area (Å²) in [6.07, 6.45) is 0.